The van der Waals surface area contributed by atoms with Crippen molar-refractivity contribution in [3.63, 3.8) is 0 Å². The highest BCUT2D eigenvalue weighted by atomic mass is 28.3. The number of para-hydroxylation sites is 2. The number of rotatable bonds is 6. The molecule has 0 fully saturated rings. The molecule has 7 aromatic rings. The van der Waals surface area contributed by atoms with Gasteiger partial charge in [-0.15, -0.1) is 0 Å². The summed E-state index contributed by atoms with van der Waals surface area (Å²) in [4.78, 5) is 14.7. The van der Waals surface area contributed by atoms with Gasteiger partial charge in [0.15, 0.2) is 5.82 Å². The van der Waals surface area contributed by atoms with Crippen LogP contribution < -0.4 is 5.19 Å². The highest BCUT2D eigenvalue weighted by Gasteiger charge is 2.24. The molecule has 5 nitrogen and oxygen atoms in total. The van der Waals surface area contributed by atoms with Gasteiger partial charge in [-0.2, -0.15) is 0 Å². The van der Waals surface area contributed by atoms with Crippen molar-refractivity contribution in [2.75, 3.05) is 0 Å². The van der Waals surface area contributed by atoms with Crippen LogP contribution in [-0.2, 0) is 5.41 Å². The molecule has 3 aromatic heterocycles. The summed E-state index contributed by atoms with van der Waals surface area (Å²) in [5.74, 6) is 0.598. The normalized spacial score (nSPS) is 12.0. The van der Waals surface area contributed by atoms with E-state index < -0.39 is 8.07 Å². The second-order valence-corrected chi connectivity index (χ2v) is 19.5. The molecule has 3 heterocycles. The number of aromatic hydroxyl groups is 1. The molecular formula is C42H40N4OSi. The average Bonchev–Trinajstić information content (AvgIpc) is 3.48. The second kappa shape index (κ2) is 12.0. The Morgan fingerprint density at radius 3 is 1.98 bits per heavy atom. The highest BCUT2D eigenvalue weighted by molar-refractivity contribution is 6.88. The zero-order valence-electron chi connectivity index (χ0n) is 28.4. The van der Waals surface area contributed by atoms with E-state index in [1.54, 1.807) is 6.20 Å². The third-order valence-electron chi connectivity index (χ3n) is 8.95. The molecule has 0 aliphatic heterocycles. The molecule has 0 aliphatic carbocycles. The molecule has 0 radical (unpaired) electrons. The number of pyridine rings is 2. The third-order valence-corrected chi connectivity index (χ3v) is 11.0. The monoisotopic (exact) mass is 644 g/mol. The molecule has 7 rings (SSSR count). The number of benzene rings is 4. The predicted molar refractivity (Wildman–Crippen MR) is 202 cm³/mol. The largest absolute Gasteiger partial charge is 0.493 e. The van der Waals surface area contributed by atoms with Crippen LogP contribution in [0.5, 0.6) is 5.88 Å². The second-order valence-electron chi connectivity index (χ2n) is 14.5. The van der Waals surface area contributed by atoms with Crippen LogP contribution in [0.4, 0.5) is 0 Å². The van der Waals surface area contributed by atoms with Crippen molar-refractivity contribution >= 4 is 24.3 Å². The Bertz CT molecular complexity index is 2250. The molecule has 0 unspecified atom stereocenters. The molecule has 0 bridgehead atoms. The van der Waals surface area contributed by atoms with Crippen molar-refractivity contribution < 1.29 is 5.11 Å². The van der Waals surface area contributed by atoms with E-state index in [1.807, 2.05) is 30.3 Å². The lowest BCUT2D eigenvalue weighted by Crippen LogP contribution is -2.37. The Morgan fingerprint density at radius 2 is 1.31 bits per heavy atom. The topological polar surface area (TPSA) is 63.8 Å². The van der Waals surface area contributed by atoms with Crippen LogP contribution in [0.1, 0.15) is 26.3 Å². The van der Waals surface area contributed by atoms with Gasteiger partial charge < -0.3 is 5.11 Å². The van der Waals surface area contributed by atoms with E-state index in [9.17, 15) is 5.11 Å². The van der Waals surface area contributed by atoms with E-state index in [0.29, 0.717) is 11.4 Å². The lowest BCUT2D eigenvalue weighted by molar-refractivity contribution is 0.453. The minimum absolute atomic E-state index is 0.0433. The smallest absolute Gasteiger partial charge is 0.222 e. The first kappa shape index (κ1) is 31.3. The van der Waals surface area contributed by atoms with E-state index in [0.717, 1.165) is 55.8 Å². The van der Waals surface area contributed by atoms with Gasteiger partial charge in [0.25, 0.3) is 0 Å². The van der Waals surface area contributed by atoms with Crippen LogP contribution in [0.25, 0.3) is 61.6 Å². The van der Waals surface area contributed by atoms with Crippen LogP contribution in [-0.4, -0.2) is 32.7 Å². The van der Waals surface area contributed by atoms with Crippen LogP contribution in [0.3, 0.4) is 0 Å². The molecule has 238 valence electrons. The Balaban J connectivity index is 1.49. The molecule has 0 amide bonds. The maximum atomic E-state index is 11.2. The quantitative estimate of drug-likeness (QED) is 0.183. The lowest BCUT2D eigenvalue weighted by Gasteiger charge is -2.19. The van der Waals surface area contributed by atoms with E-state index in [4.69, 9.17) is 9.97 Å². The van der Waals surface area contributed by atoms with Gasteiger partial charge >= 0.3 is 0 Å². The zero-order chi connectivity index (χ0) is 33.6. The first-order valence-corrected chi connectivity index (χ1v) is 19.9. The highest BCUT2D eigenvalue weighted by Crippen LogP contribution is 2.40. The van der Waals surface area contributed by atoms with Crippen LogP contribution in [0.15, 0.2) is 128 Å². The summed E-state index contributed by atoms with van der Waals surface area (Å²) in [5, 5.41) is 12.5. The van der Waals surface area contributed by atoms with E-state index >= 15 is 0 Å². The molecule has 0 aliphatic rings. The summed E-state index contributed by atoms with van der Waals surface area (Å²) in [7, 11) is -1.49. The molecule has 6 heteroatoms. The van der Waals surface area contributed by atoms with Gasteiger partial charge in [-0.3, -0.25) is 9.55 Å². The minimum atomic E-state index is -1.49. The minimum Gasteiger partial charge on any atom is -0.493 e. The first-order chi connectivity index (χ1) is 23.0. The van der Waals surface area contributed by atoms with Crippen molar-refractivity contribution in [1.29, 1.82) is 0 Å². The van der Waals surface area contributed by atoms with Crippen molar-refractivity contribution in [3.8, 4) is 56.5 Å². The van der Waals surface area contributed by atoms with Gasteiger partial charge in [-0.25, -0.2) is 9.97 Å². The molecule has 0 saturated heterocycles. The third kappa shape index (κ3) is 5.95. The lowest BCUT2D eigenvalue weighted by atomic mass is 9.87. The standard InChI is InChI=1S/C42H40N4OSi/c1-42(2,3)32-25-36(41(47)44-26-32)40-45-39-35(18-13-19-38(39)46(40)33-16-11-8-12-17-33)30-22-29(28-14-9-7-10-15-28)23-31(24-30)37-21-20-34(27-43-37)48(4,5)6/h7-27H,1-6H3,(H,44,47). The van der Waals surface area contributed by atoms with E-state index in [1.165, 1.54) is 5.19 Å². The maximum Gasteiger partial charge on any atom is 0.222 e. The van der Waals surface area contributed by atoms with E-state index in [-0.39, 0.29) is 11.3 Å². The van der Waals surface area contributed by atoms with Gasteiger partial charge in [0.05, 0.1) is 30.4 Å². The van der Waals surface area contributed by atoms with Crippen molar-refractivity contribution in [3.05, 3.63) is 133 Å². The summed E-state index contributed by atoms with van der Waals surface area (Å²) in [5.41, 5.74) is 10.5. The summed E-state index contributed by atoms with van der Waals surface area (Å²) < 4.78 is 2.13. The molecular weight excluding hydrogens is 605 g/mol. The fraction of sp³-hybridized carbons (Fsp3) is 0.167. The van der Waals surface area contributed by atoms with Crippen molar-refractivity contribution in [2.45, 2.75) is 45.8 Å². The Labute approximate surface area is 283 Å². The summed E-state index contributed by atoms with van der Waals surface area (Å²) in [6.45, 7) is 13.5. The molecule has 0 atom stereocenters. The Kier molecular flexibility index (Phi) is 7.84. The fourth-order valence-electron chi connectivity index (χ4n) is 6.12. The molecule has 0 spiro atoms. The van der Waals surface area contributed by atoms with Crippen molar-refractivity contribution in [2.24, 2.45) is 0 Å². The fourth-order valence-corrected chi connectivity index (χ4v) is 7.16. The summed E-state index contributed by atoms with van der Waals surface area (Å²) in [6.07, 6.45) is 3.80. The summed E-state index contributed by atoms with van der Waals surface area (Å²) >= 11 is 0. The molecule has 48 heavy (non-hydrogen) atoms. The maximum absolute atomic E-state index is 11.2. The van der Waals surface area contributed by atoms with Crippen molar-refractivity contribution in [1.82, 2.24) is 19.5 Å². The van der Waals surface area contributed by atoms with Crippen LogP contribution >= 0.6 is 0 Å². The Morgan fingerprint density at radius 1 is 0.625 bits per heavy atom. The molecule has 4 aromatic carbocycles. The van der Waals surface area contributed by atoms with Gasteiger partial charge in [0.2, 0.25) is 5.88 Å². The molecule has 1 N–H and O–H groups in total. The number of fused-ring (bicyclic) bond motifs is 1. The SMILES string of the molecule is CC(C)(C)c1cnc(O)c(-c2nc3c(-c4cc(-c5ccccc5)cc(-c5ccc([Si](C)(C)C)cn5)c4)cccc3n2-c2ccccc2)c1. The van der Waals surface area contributed by atoms with Gasteiger partial charge in [-0.05, 0) is 81.4 Å². The average molecular weight is 645 g/mol. The number of hydrogen-bond acceptors (Lipinski definition) is 4. The number of nitrogens with zero attached hydrogens (tertiary/aromatic N) is 4. The van der Waals surface area contributed by atoms with Gasteiger partial charge in [0, 0.05) is 29.2 Å². The Hall–Kier alpha value is -5.33. The number of aromatic nitrogens is 4. The number of imidazole rings is 1. The summed E-state index contributed by atoms with van der Waals surface area (Å²) in [6, 6.07) is 40.1. The van der Waals surface area contributed by atoms with E-state index in [2.05, 4.69) is 141 Å². The van der Waals surface area contributed by atoms with Crippen LogP contribution in [0.2, 0.25) is 19.6 Å². The molecule has 0 saturated carbocycles. The van der Waals surface area contributed by atoms with Crippen LogP contribution in [0, 0.1) is 0 Å². The predicted octanol–water partition coefficient (Wildman–Crippen LogP) is 10.0. The van der Waals surface area contributed by atoms with Gasteiger partial charge in [0.1, 0.15) is 0 Å². The zero-order valence-corrected chi connectivity index (χ0v) is 29.4. The first-order valence-electron chi connectivity index (χ1n) is 16.4. The van der Waals surface area contributed by atoms with Gasteiger partial charge in [-0.1, -0.05) is 107 Å². The number of hydrogen-bond donors (Lipinski definition) is 1.